The van der Waals surface area contributed by atoms with Gasteiger partial charge in [0, 0.05) is 0 Å². The summed E-state index contributed by atoms with van der Waals surface area (Å²) in [5.41, 5.74) is 0. The molecule has 0 atom stereocenters. The fourth-order valence-electron chi connectivity index (χ4n) is 0.349. The first kappa shape index (κ1) is 6.70. The van der Waals surface area contributed by atoms with Crippen molar-refractivity contribution in [3.63, 3.8) is 0 Å². The number of nitrogens with zero attached hydrogens (tertiary/aromatic N) is 1. The van der Waals surface area contributed by atoms with Gasteiger partial charge >= 0.3 is 0 Å². The monoisotopic (exact) mass is 99.1 g/mol. The van der Waals surface area contributed by atoms with Crippen molar-refractivity contribution in [3.8, 4) is 0 Å². The second kappa shape index (κ2) is 2.12. The molecule has 0 aromatic heterocycles. The van der Waals surface area contributed by atoms with Crippen LogP contribution in [0.15, 0.2) is 12.7 Å². The fraction of sp³-hybridized carbons (Fsp3) is 0.500. The molecule has 1 heteroatoms. The van der Waals surface area contributed by atoms with Gasteiger partial charge in [-0.25, -0.2) is 0 Å². The molecule has 0 N–H and O–H groups in total. The van der Waals surface area contributed by atoms with Crippen molar-refractivity contribution in [2.45, 2.75) is 0 Å². The minimum absolute atomic E-state index is 0.726. The maximum Gasteiger partial charge on any atom is 0.128 e. The molecule has 0 aromatic rings. The average molecular weight is 99.2 g/mol. The van der Waals surface area contributed by atoms with Gasteiger partial charge in [0.05, 0.1) is 20.6 Å². The minimum atomic E-state index is 0.726. The fourth-order valence-corrected chi connectivity index (χ4v) is 0.349. The van der Waals surface area contributed by atoms with E-state index in [-0.39, 0.29) is 0 Å². The third-order valence-corrected chi connectivity index (χ3v) is 0.623. The van der Waals surface area contributed by atoms with E-state index in [0.29, 0.717) is 0 Å². The van der Waals surface area contributed by atoms with Crippen molar-refractivity contribution in [3.05, 3.63) is 19.7 Å². The third kappa shape index (κ3) is 5.70. The second-order valence-corrected chi connectivity index (χ2v) is 2.41. The smallest absolute Gasteiger partial charge is 0.128 e. The summed E-state index contributed by atoms with van der Waals surface area (Å²) in [6.07, 6.45) is 1.87. The van der Waals surface area contributed by atoms with E-state index >= 15 is 0 Å². The topological polar surface area (TPSA) is 0 Å². The molecule has 0 aromatic carbocycles. The molecule has 41 valence electrons. The second-order valence-electron chi connectivity index (χ2n) is 2.41. The van der Waals surface area contributed by atoms with Crippen molar-refractivity contribution in [2.75, 3.05) is 20.6 Å². The van der Waals surface area contributed by atoms with Crippen LogP contribution in [-0.4, -0.2) is 25.1 Å². The van der Waals surface area contributed by atoms with Crippen molar-refractivity contribution in [1.29, 1.82) is 0 Å². The van der Waals surface area contributed by atoms with Crippen molar-refractivity contribution in [1.82, 2.24) is 0 Å². The first-order chi connectivity index (χ1) is 3.06. The van der Waals surface area contributed by atoms with Gasteiger partial charge in [-0.15, -0.1) is 0 Å². The lowest BCUT2D eigenvalue weighted by Crippen LogP contribution is -2.31. The number of hydrogen-bond acceptors (Lipinski definition) is 0. The molecule has 7 heavy (non-hydrogen) atoms. The Morgan fingerprint density at radius 2 is 2.00 bits per heavy atom. The predicted molar refractivity (Wildman–Crippen MR) is 32.5 cm³/mol. The molecule has 1 radical (unpaired) electrons. The largest absolute Gasteiger partial charge is 0.321 e. The molecule has 0 fully saturated rings. The van der Waals surface area contributed by atoms with Gasteiger partial charge in [0.15, 0.2) is 0 Å². The van der Waals surface area contributed by atoms with Crippen LogP contribution >= 0.6 is 0 Å². The van der Waals surface area contributed by atoms with Crippen LogP contribution in [0, 0.1) is 7.05 Å². The number of quaternary nitrogens is 1. The summed E-state index contributed by atoms with van der Waals surface area (Å²) in [5.74, 6) is 0. The lowest BCUT2D eigenvalue weighted by Gasteiger charge is -2.20. The van der Waals surface area contributed by atoms with Gasteiger partial charge < -0.3 is 4.48 Å². The van der Waals surface area contributed by atoms with Gasteiger partial charge in [-0.3, -0.25) is 0 Å². The molecule has 0 aliphatic heterocycles. The van der Waals surface area contributed by atoms with Crippen molar-refractivity contribution < 1.29 is 4.48 Å². The van der Waals surface area contributed by atoms with E-state index < -0.39 is 0 Å². The summed E-state index contributed by atoms with van der Waals surface area (Å²) in [6.45, 7) is 4.52. The summed E-state index contributed by atoms with van der Waals surface area (Å²) in [6, 6.07) is 0. The van der Waals surface area contributed by atoms with E-state index in [2.05, 4.69) is 13.6 Å². The summed E-state index contributed by atoms with van der Waals surface area (Å²) >= 11 is 0. The van der Waals surface area contributed by atoms with E-state index in [9.17, 15) is 0 Å². The highest BCUT2D eigenvalue weighted by Gasteiger charge is 2.00. The van der Waals surface area contributed by atoms with Crippen LogP contribution in [-0.2, 0) is 0 Å². The highest BCUT2D eigenvalue weighted by molar-refractivity contribution is 4.63. The van der Waals surface area contributed by atoms with E-state index in [0.717, 1.165) is 11.0 Å². The Hall–Kier alpha value is -0.300. The molecule has 0 saturated carbocycles. The van der Waals surface area contributed by atoms with Gasteiger partial charge in [-0.2, -0.15) is 0 Å². The highest BCUT2D eigenvalue weighted by Crippen LogP contribution is 1.89. The molecule has 0 spiro atoms. The summed E-state index contributed by atoms with van der Waals surface area (Å²) in [4.78, 5) is 0. The van der Waals surface area contributed by atoms with Gasteiger partial charge in [0.2, 0.25) is 0 Å². The average Bonchev–Trinajstić information content (AvgIpc) is 1.30. The van der Waals surface area contributed by atoms with Crippen LogP contribution < -0.4 is 0 Å². The molecule has 0 aliphatic rings. The molecule has 0 bridgehead atoms. The van der Waals surface area contributed by atoms with E-state index in [4.69, 9.17) is 0 Å². The maximum absolute atomic E-state index is 3.83. The van der Waals surface area contributed by atoms with E-state index in [1.807, 2.05) is 20.2 Å². The Morgan fingerprint density at radius 1 is 1.57 bits per heavy atom. The van der Waals surface area contributed by atoms with Crippen molar-refractivity contribution >= 4 is 0 Å². The van der Waals surface area contributed by atoms with Crippen LogP contribution in [0.1, 0.15) is 0 Å². The lowest BCUT2D eigenvalue weighted by atomic mass is 10.5. The Bertz CT molecular complexity index is 59.1. The van der Waals surface area contributed by atoms with Gasteiger partial charge in [-0.1, -0.05) is 6.58 Å². The van der Waals surface area contributed by atoms with Gasteiger partial charge in [0.1, 0.15) is 7.05 Å². The summed E-state index contributed by atoms with van der Waals surface area (Å²) in [7, 11) is 7.89. The summed E-state index contributed by atoms with van der Waals surface area (Å²) in [5, 5.41) is 0. The maximum atomic E-state index is 3.83. The molecule has 0 amide bonds. The molecule has 0 heterocycles. The molecular formula is C6H13N+. The van der Waals surface area contributed by atoms with Crippen LogP contribution in [0.3, 0.4) is 0 Å². The zero-order chi connectivity index (χ0) is 5.91. The van der Waals surface area contributed by atoms with Crippen molar-refractivity contribution in [2.24, 2.45) is 0 Å². The lowest BCUT2D eigenvalue weighted by molar-refractivity contribution is -0.839. The molecule has 0 aliphatic carbocycles. The van der Waals surface area contributed by atoms with Crippen LogP contribution in [0.2, 0.25) is 0 Å². The molecular weight excluding hydrogens is 86.1 g/mol. The zero-order valence-electron chi connectivity index (χ0n) is 5.15. The van der Waals surface area contributed by atoms with Gasteiger partial charge in [0.25, 0.3) is 0 Å². The molecule has 0 unspecified atom stereocenters. The number of rotatable bonds is 2. The Kier molecular flexibility index (Phi) is 2.03. The molecule has 1 nitrogen and oxygen atoms in total. The number of hydrogen-bond donors (Lipinski definition) is 0. The minimum Gasteiger partial charge on any atom is -0.321 e. The quantitative estimate of drug-likeness (QED) is 0.358. The Balaban J connectivity index is 3.34. The molecule has 0 saturated heterocycles. The van der Waals surface area contributed by atoms with Gasteiger partial charge in [-0.05, 0) is 6.08 Å². The predicted octanol–water partition coefficient (Wildman–Crippen LogP) is 1.04. The standard InChI is InChI=1S/C6H13N/c1-5-6-7(2,3)4/h5H,1-2,6H2,3-4H3/q+1. The normalized spacial score (nSPS) is 11.3. The zero-order valence-corrected chi connectivity index (χ0v) is 5.15. The Labute approximate surface area is 45.8 Å². The summed E-state index contributed by atoms with van der Waals surface area (Å²) < 4.78 is 0.726. The van der Waals surface area contributed by atoms with Crippen LogP contribution in [0.25, 0.3) is 0 Å². The van der Waals surface area contributed by atoms with E-state index in [1.165, 1.54) is 0 Å². The Morgan fingerprint density at radius 3 is 2.00 bits per heavy atom. The van der Waals surface area contributed by atoms with Crippen LogP contribution in [0.4, 0.5) is 0 Å². The SMILES string of the molecule is [CH2][N+](C)(C)CC=C. The van der Waals surface area contributed by atoms with E-state index in [1.54, 1.807) is 0 Å². The first-order valence-electron chi connectivity index (χ1n) is 2.34. The third-order valence-electron chi connectivity index (χ3n) is 0.623. The highest BCUT2D eigenvalue weighted by atomic mass is 15.3. The first-order valence-corrected chi connectivity index (χ1v) is 2.34. The number of likely N-dealkylation sites (N-methyl/N-ethyl adjacent to an activating group) is 1. The molecule has 0 rings (SSSR count). The van der Waals surface area contributed by atoms with Crippen LogP contribution in [0.5, 0.6) is 0 Å².